The van der Waals surface area contributed by atoms with Crippen molar-refractivity contribution in [2.24, 2.45) is 0 Å². The van der Waals surface area contributed by atoms with Crippen LogP contribution in [0.2, 0.25) is 0 Å². The molecule has 100 valence electrons. The Balaban J connectivity index is 1.87. The van der Waals surface area contributed by atoms with Crippen LogP contribution < -0.4 is 0 Å². The molecule has 2 heterocycles. The first kappa shape index (κ1) is 13.2. The summed E-state index contributed by atoms with van der Waals surface area (Å²) in [5, 5.41) is 9.66. The van der Waals surface area contributed by atoms with E-state index in [0.29, 0.717) is 6.42 Å². The van der Waals surface area contributed by atoms with E-state index in [0.717, 1.165) is 25.7 Å². The van der Waals surface area contributed by atoms with Crippen molar-refractivity contribution in [3.8, 4) is 0 Å². The van der Waals surface area contributed by atoms with Gasteiger partial charge in [0.2, 0.25) is 0 Å². The quantitative estimate of drug-likeness (QED) is 0.566. The van der Waals surface area contributed by atoms with Gasteiger partial charge in [0.05, 0.1) is 0 Å². The van der Waals surface area contributed by atoms with Crippen LogP contribution in [0.1, 0.15) is 45.4 Å². The van der Waals surface area contributed by atoms with Gasteiger partial charge in [-0.05, 0) is 6.42 Å². The summed E-state index contributed by atoms with van der Waals surface area (Å²) >= 11 is 0. The van der Waals surface area contributed by atoms with Gasteiger partial charge >= 0.3 is 22.2 Å². The molecule has 2 fully saturated rings. The highest BCUT2D eigenvalue weighted by Crippen LogP contribution is 2.51. The molecule has 0 radical (unpaired) electrons. The van der Waals surface area contributed by atoms with Gasteiger partial charge in [-0.3, -0.25) is 0 Å². The van der Waals surface area contributed by atoms with E-state index in [9.17, 15) is 13.5 Å². The summed E-state index contributed by atoms with van der Waals surface area (Å²) in [7, 11) is -4.25. The fourth-order valence-corrected chi connectivity index (χ4v) is 2.88. The Kier molecular flexibility index (Phi) is 3.45. The van der Waals surface area contributed by atoms with E-state index < -0.39 is 22.2 Å². The lowest BCUT2D eigenvalue weighted by Crippen LogP contribution is -2.65. The topological polar surface area (TPSA) is 91.3 Å². The molecule has 8 heteroatoms. The van der Waals surface area contributed by atoms with E-state index in [1.54, 1.807) is 0 Å². The van der Waals surface area contributed by atoms with Crippen molar-refractivity contribution in [1.29, 1.82) is 0 Å². The summed E-state index contributed by atoms with van der Waals surface area (Å²) in [4.78, 5) is 8.90. The third-order valence-corrected chi connectivity index (χ3v) is 3.74. The van der Waals surface area contributed by atoms with Crippen molar-refractivity contribution in [2.45, 2.75) is 57.2 Å². The summed E-state index contributed by atoms with van der Waals surface area (Å²) in [6.07, 6.45) is 5.03. The molecule has 0 saturated carbocycles. The maximum atomic E-state index is 11.1. The van der Waals surface area contributed by atoms with E-state index >= 15 is 0 Å². The van der Waals surface area contributed by atoms with Gasteiger partial charge in [0.15, 0.2) is 0 Å². The van der Waals surface area contributed by atoms with E-state index in [1.165, 1.54) is 0 Å². The number of hydrogen-bond donors (Lipinski definition) is 1. The molecule has 0 aromatic heterocycles. The van der Waals surface area contributed by atoms with Crippen LogP contribution in [0, 0.1) is 0 Å². The molecule has 2 aliphatic rings. The molecule has 2 rings (SSSR count). The first-order valence-corrected chi connectivity index (χ1v) is 7.02. The Morgan fingerprint density at radius 3 is 2.29 bits per heavy atom. The van der Waals surface area contributed by atoms with E-state index in [4.69, 9.17) is 0 Å². The first-order chi connectivity index (χ1) is 7.93. The van der Waals surface area contributed by atoms with Gasteiger partial charge in [0.1, 0.15) is 0 Å². The molecule has 2 aliphatic heterocycles. The molecule has 2 atom stereocenters. The number of rotatable bonds is 6. The van der Waals surface area contributed by atoms with Crippen LogP contribution in [-0.2, 0) is 28.5 Å². The highest BCUT2D eigenvalue weighted by atomic mass is 32.3. The van der Waals surface area contributed by atoms with Crippen LogP contribution in [0.3, 0.4) is 0 Å². The van der Waals surface area contributed by atoms with Crippen molar-refractivity contribution in [2.75, 3.05) is 0 Å². The maximum absolute atomic E-state index is 11.1. The lowest BCUT2D eigenvalue weighted by molar-refractivity contribution is -0.673. The second-order valence-corrected chi connectivity index (χ2v) is 5.39. The molecule has 0 aromatic rings. The molecule has 0 aromatic carbocycles. The Morgan fingerprint density at radius 2 is 1.76 bits per heavy atom. The minimum Gasteiger partial charge on any atom is -0.336 e. The minimum atomic E-state index is -4.25. The molecule has 0 spiro atoms. The summed E-state index contributed by atoms with van der Waals surface area (Å²) in [6, 6.07) is 0. The van der Waals surface area contributed by atoms with Gasteiger partial charge in [-0.2, -0.15) is 22.4 Å². The van der Waals surface area contributed by atoms with Crippen LogP contribution in [0.25, 0.3) is 0 Å². The summed E-state index contributed by atoms with van der Waals surface area (Å²) in [5.41, 5.74) is 0. The molecule has 0 amide bonds. The van der Waals surface area contributed by atoms with E-state index in [-0.39, 0.29) is 6.42 Å². The third-order valence-electron chi connectivity index (χ3n) is 2.83. The predicted molar refractivity (Wildman–Crippen MR) is 54.3 cm³/mol. The summed E-state index contributed by atoms with van der Waals surface area (Å²) < 4.78 is 31.0. The summed E-state index contributed by atoms with van der Waals surface area (Å²) in [6.45, 7) is 2.10. The predicted octanol–water partition coefficient (Wildman–Crippen LogP) is 0.943. The van der Waals surface area contributed by atoms with Gasteiger partial charge < -0.3 is 5.11 Å². The number of hydrogen-bond acceptors (Lipinski definition) is 7. The largest absolute Gasteiger partial charge is 0.407 e. The Hall–Kier alpha value is -0.250. The fourth-order valence-electron chi connectivity index (χ4n) is 1.87. The Morgan fingerprint density at radius 1 is 1.06 bits per heavy atom. The van der Waals surface area contributed by atoms with Crippen LogP contribution in [-0.4, -0.2) is 25.3 Å². The molecule has 7 nitrogen and oxygen atoms in total. The zero-order chi connectivity index (χ0) is 12.6. The maximum Gasteiger partial charge on any atom is 0.407 e. The third kappa shape index (κ3) is 2.33. The summed E-state index contributed by atoms with van der Waals surface area (Å²) in [5.74, 6) is -4.05. The second kappa shape index (κ2) is 4.45. The van der Waals surface area contributed by atoms with Crippen molar-refractivity contribution in [1.82, 2.24) is 0 Å². The zero-order valence-electron chi connectivity index (χ0n) is 9.55. The molecule has 2 saturated heterocycles. The van der Waals surface area contributed by atoms with E-state index in [1.807, 2.05) is 0 Å². The molecule has 1 N–H and O–H groups in total. The molecular weight excluding hydrogens is 252 g/mol. The standard InChI is InChI=1S/C9H16O7S/c1-2-3-4-5-6-7-8-9(10,14-13-8)16-17(11,12)15-8/h10H,2-7H2,1H3. The van der Waals surface area contributed by atoms with Gasteiger partial charge in [-0.15, -0.1) is 0 Å². The molecular formula is C9H16O7S. The second-order valence-electron chi connectivity index (χ2n) is 4.24. The van der Waals surface area contributed by atoms with Crippen LogP contribution in [0.4, 0.5) is 0 Å². The highest BCUT2D eigenvalue weighted by Gasteiger charge is 2.76. The van der Waals surface area contributed by atoms with Gasteiger partial charge in [-0.25, -0.2) is 4.18 Å². The average Bonchev–Trinajstić information content (AvgIpc) is 2.37. The monoisotopic (exact) mass is 268 g/mol. The van der Waals surface area contributed by atoms with Crippen LogP contribution >= 0.6 is 0 Å². The van der Waals surface area contributed by atoms with E-state index in [2.05, 4.69) is 25.1 Å². The molecule has 0 aliphatic carbocycles. The fraction of sp³-hybridized carbons (Fsp3) is 1.00. The normalized spacial score (nSPS) is 38.7. The van der Waals surface area contributed by atoms with Crippen molar-refractivity contribution >= 4 is 10.4 Å². The van der Waals surface area contributed by atoms with Crippen molar-refractivity contribution in [3.05, 3.63) is 0 Å². The number of aliphatic hydroxyl groups is 1. The molecule has 0 bridgehead atoms. The minimum absolute atomic E-state index is 0.201. The van der Waals surface area contributed by atoms with Gasteiger partial charge in [0, 0.05) is 6.42 Å². The Labute approximate surface area is 99.9 Å². The lowest BCUT2D eigenvalue weighted by Gasteiger charge is -2.42. The first-order valence-electron chi connectivity index (χ1n) is 5.68. The highest BCUT2D eigenvalue weighted by molar-refractivity contribution is 7.82. The Bertz CT molecular complexity index is 381. The zero-order valence-corrected chi connectivity index (χ0v) is 10.4. The van der Waals surface area contributed by atoms with Gasteiger partial charge in [-0.1, -0.05) is 32.6 Å². The lowest BCUT2D eigenvalue weighted by atomic mass is 10.0. The molecule has 2 unspecified atom stereocenters. The smallest absolute Gasteiger partial charge is 0.336 e. The van der Waals surface area contributed by atoms with Gasteiger partial charge in [0.25, 0.3) is 0 Å². The number of unbranched alkanes of at least 4 members (excludes halogenated alkanes) is 4. The van der Waals surface area contributed by atoms with Crippen LogP contribution in [0.15, 0.2) is 0 Å². The molecule has 17 heavy (non-hydrogen) atoms. The van der Waals surface area contributed by atoms with Crippen LogP contribution in [0.5, 0.6) is 0 Å². The van der Waals surface area contributed by atoms with Crippen molar-refractivity contribution in [3.63, 3.8) is 0 Å². The van der Waals surface area contributed by atoms with Crippen molar-refractivity contribution < 1.29 is 31.7 Å². The SMILES string of the molecule is CCCCCCCC12OOC1(O)OS(=O)(=O)O2. The number of fused-ring (bicyclic) bond motifs is 1. The average molecular weight is 268 g/mol.